The third kappa shape index (κ3) is 4.78. The predicted octanol–water partition coefficient (Wildman–Crippen LogP) is 1.60. The Hall–Kier alpha value is -1.48. The fourth-order valence-electron chi connectivity index (χ4n) is 2.95. The van der Waals surface area contributed by atoms with E-state index >= 15 is 0 Å². The summed E-state index contributed by atoms with van der Waals surface area (Å²) in [5.41, 5.74) is 1.21. The standard InChI is InChI=1S/C17H28N6OS/c1-3-22(4-2)16-19-20-17(25-16)23-8-5-6-15(23)14-18-7-9-21-10-12-24-13-11-21/h5-6,8,18H,3-4,7,9-14H2,1-2H3. The van der Waals surface area contributed by atoms with Gasteiger partial charge in [-0.25, -0.2) is 0 Å². The Morgan fingerprint density at radius 3 is 2.80 bits per heavy atom. The third-order valence-electron chi connectivity index (χ3n) is 4.49. The zero-order chi connectivity index (χ0) is 17.5. The first-order chi connectivity index (χ1) is 12.3. The van der Waals surface area contributed by atoms with Crippen molar-refractivity contribution in [1.82, 2.24) is 25.0 Å². The quantitative estimate of drug-likeness (QED) is 0.682. The second-order valence-corrected chi connectivity index (χ2v) is 6.97. The molecule has 3 heterocycles. The summed E-state index contributed by atoms with van der Waals surface area (Å²) in [5.74, 6) is 0. The van der Waals surface area contributed by atoms with Gasteiger partial charge in [-0.1, -0.05) is 11.3 Å². The summed E-state index contributed by atoms with van der Waals surface area (Å²) in [6.07, 6.45) is 2.06. The van der Waals surface area contributed by atoms with Gasteiger partial charge in [0, 0.05) is 57.7 Å². The molecule has 7 nitrogen and oxygen atoms in total. The third-order valence-corrected chi connectivity index (χ3v) is 5.47. The van der Waals surface area contributed by atoms with E-state index in [0.29, 0.717) is 0 Å². The van der Waals surface area contributed by atoms with E-state index in [9.17, 15) is 0 Å². The normalized spacial score (nSPS) is 15.6. The molecule has 2 aromatic heterocycles. The van der Waals surface area contributed by atoms with Crippen LogP contribution in [0.2, 0.25) is 0 Å². The molecule has 1 fully saturated rings. The molecular weight excluding hydrogens is 336 g/mol. The molecule has 3 rings (SSSR count). The summed E-state index contributed by atoms with van der Waals surface area (Å²) in [5, 5.41) is 14.2. The van der Waals surface area contributed by atoms with E-state index in [1.165, 1.54) is 5.69 Å². The van der Waals surface area contributed by atoms with Crippen LogP contribution in [0, 0.1) is 0 Å². The lowest BCUT2D eigenvalue weighted by atomic mass is 10.4. The number of ether oxygens (including phenoxy) is 1. The molecule has 1 aliphatic rings. The Morgan fingerprint density at radius 1 is 1.24 bits per heavy atom. The maximum absolute atomic E-state index is 5.38. The molecule has 1 aliphatic heterocycles. The molecule has 1 saturated heterocycles. The number of morpholine rings is 1. The fraction of sp³-hybridized carbons (Fsp3) is 0.647. The summed E-state index contributed by atoms with van der Waals surface area (Å²) >= 11 is 1.64. The molecule has 2 aromatic rings. The SMILES string of the molecule is CCN(CC)c1nnc(-n2cccc2CNCCN2CCOCC2)s1. The highest BCUT2D eigenvalue weighted by molar-refractivity contribution is 7.17. The van der Waals surface area contributed by atoms with Gasteiger partial charge in [0.05, 0.1) is 13.2 Å². The molecule has 0 radical (unpaired) electrons. The lowest BCUT2D eigenvalue weighted by molar-refractivity contribution is 0.0384. The lowest BCUT2D eigenvalue weighted by Gasteiger charge is -2.26. The van der Waals surface area contributed by atoms with Gasteiger partial charge < -0.3 is 15.0 Å². The minimum atomic E-state index is 0.831. The van der Waals surface area contributed by atoms with Gasteiger partial charge in [-0.3, -0.25) is 9.47 Å². The summed E-state index contributed by atoms with van der Waals surface area (Å²) in [4.78, 5) is 4.67. The van der Waals surface area contributed by atoms with E-state index in [1.807, 2.05) is 0 Å². The minimum Gasteiger partial charge on any atom is -0.379 e. The van der Waals surface area contributed by atoms with Crippen molar-refractivity contribution in [2.24, 2.45) is 0 Å². The molecule has 0 spiro atoms. The Balaban J connectivity index is 1.53. The van der Waals surface area contributed by atoms with Crippen molar-refractivity contribution in [2.75, 3.05) is 57.4 Å². The summed E-state index contributed by atoms with van der Waals surface area (Å²) < 4.78 is 7.52. The van der Waals surface area contributed by atoms with Gasteiger partial charge in [0.1, 0.15) is 0 Å². The van der Waals surface area contributed by atoms with E-state index in [2.05, 4.69) is 62.1 Å². The van der Waals surface area contributed by atoms with Crippen molar-refractivity contribution in [2.45, 2.75) is 20.4 Å². The molecule has 138 valence electrons. The zero-order valence-electron chi connectivity index (χ0n) is 15.1. The zero-order valence-corrected chi connectivity index (χ0v) is 16.0. The van der Waals surface area contributed by atoms with Crippen molar-refractivity contribution in [1.29, 1.82) is 0 Å². The number of anilines is 1. The highest BCUT2D eigenvalue weighted by Gasteiger charge is 2.13. The molecule has 0 bridgehead atoms. The first kappa shape index (κ1) is 18.3. The van der Waals surface area contributed by atoms with Crippen LogP contribution in [-0.4, -0.2) is 72.1 Å². The van der Waals surface area contributed by atoms with E-state index < -0.39 is 0 Å². The van der Waals surface area contributed by atoms with E-state index in [0.717, 1.165) is 69.3 Å². The Morgan fingerprint density at radius 2 is 2.04 bits per heavy atom. The molecule has 0 unspecified atom stereocenters. The highest BCUT2D eigenvalue weighted by Crippen LogP contribution is 2.24. The second kappa shape index (κ2) is 9.28. The molecule has 0 aromatic carbocycles. The molecule has 1 N–H and O–H groups in total. The first-order valence-corrected chi connectivity index (χ1v) is 9.89. The average molecular weight is 365 g/mol. The van der Waals surface area contributed by atoms with Crippen molar-refractivity contribution in [3.8, 4) is 5.13 Å². The van der Waals surface area contributed by atoms with Crippen molar-refractivity contribution < 1.29 is 4.74 Å². The maximum atomic E-state index is 5.38. The molecule has 0 atom stereocenters. The van der Waals surface area contributed by atoms with Crippen LogP contribution in [0.3, 0.4) is 0 Å². The summed E-state index contributed by atoms with van der Waals surface area (Å²) in [7, 11) is 0. The van der Waals surface area contributed by atoms with Gasteiger partial charge >= 0.3 is 0 Å². The minimum absolute atomic E-state index is 0.831. The number of rotatable bonds is 9. The summed E-state index contributed by atoms with van der Waals surface area (Å²) in [6.45, 7) is 12.9. The van der Waals surface area contributed by atoms with Crippen LogP contribution in [0.5, 0.6) is 0 Å². The Kier molecular flexibility index (Phi) is 6.80. The molecule has 0 aliphatic carbocycles. The molecular formula is C17H28N6OS. The van der Waals surface area contributed by atoms with Crippen molar-refractivity contribution in [3.05, 3.63) is 24.0 Å². The van der Waals surface area contributed by atoms with Crippen LogP contribution in [0.15, 0.2) is 18.3 Å². The average Bonchev–Trinajstić information content (AvgIpc) is 3.30. The highest BCUT2D eigenvalue weighted by atomic mass is 32.1. The molecule has 0 amide bonds. The maximum Gasteiger partial charge on any atom is 0.218 e. The molecule has 8 heteroatoms. The predicted molar refractivity (Wildman–Crippen MR) is 102 cm³/mol. The van der Waals surface area contributed by atoms with E-state index in [4.69, 9.17) is 4.74 Å². The van der Waals surface area contributed by atoms with Gasteiger partial charge in [0.2, 0.25) is 10.3 Å². The van der Waals surface area contributed by atoms with Crippen LogP contribution in [-0.2, 0) is 11.3 Å². The Bertz CT molecular complexity index is 633. The van der Waals surface area contributed by atoms with Crippen LogP contribution in [0.25, 0.3) is 5.13 Å². The van der Waals surface area contributed by atoms with Crippen molar-refractivity contribution >= 4 is 16.5 Å². The topological polar surface area (TPSA) is 58.5 Å². The van der Waals surface area contributed by atoms with Gasteiger partial charge in [-0.05, 0) is 26.0 Å². The lowest BCUT2D eigenvalue weighted by Crippen LogP contribution is -2.40. The Labute approximate surface area is 153 Å². The van der Waals surface area contributed by atoms with Gasteiger partial charge in [0.15, 0.2) is 0 Å². The fourth-order valence-corrected chi connectivity index (χ4v) is 3.94. The number of hydrogen-bond donors (Lipinski definition) is 1. The molecule has 25 heavy (non-hydrogen) atoms. The van der Waals surface area contributed by atoms with Gasteiger partial charge in [0.25, 0.3) is 0 Å². The largest absolute Gasteiger partial charge is 0.379 e. The van der Waals surface area contributed by atoms with E-state index in [-0.39, 0.29) is 0 Å². The second-order valence-electron chi connectivity index (χ2n) is 6.04. The van der Waals surface area contributed by atoms with Crippen LogP contribution in [0.4, 0.5) is 5.13 Å². The van der Waals surface area contributed by atoms with Crippen molar-refractivity contribution in [3.63, 3.8) is 0 Å². The van der Waals surface area contributed by atoms with E-state index in [1.54, 1.807) is 11.3 Å². The number of aromatic nitrogens is 3. The molecule has 0 saturated carbocycles. The van der Waals surface area contributed by atoms with Crippen LogP contribution in [0.1, 0.15) is 19.5 Å². The summed E-state index contributed by atoms with van der Waals surface area (Å²) in [6, 6.07) is 4.21. The first-order valence-electron chi connectivity index (χ1n) is 9.07. The van der Waals surface area contributed by atoms with Crippen LogP contribution >= 0.6 is 11.3 Å². The van der Waals surface area contributed by atoms with Gasteiger partial charge in [-0.15, -0.1) is 10.2 Å². The number of hydrogen-bond acceptors (Lipinski definition) is 7. The monoisotopic (exact) mass is 364 g/mol. The smallest absolute Gasteiger partial charge is 0.218 e. The number of nitrogens with zero attached hydrogens (tertiary/aromatic N) is 5. The van der Waals surface area contributed by atoms with Gasteiger partial charge in [-0.2, -0.15) is 0 Å². The number of nitrogens with one attached hydrogen (secondary N) is 1. The van der Waals surface area contributed by atoms with Crippen LogP contribution < -0.4 is 10.2 Å².